The Labute approximate surface area is 316 Å². The molecule has 1 atom stereocenters. The number of hydrogen-bond acceptors (Lipinski definition) is 10. The number of rotatable bonds is 40. The fourth-order valence-electron chi connectivity index (χ4n) is 5.31. The van der Waals surface area contributed by atoms with Gasteiger partial charge in [0.25, 0.3) is 0 Å². The van der Waals surface area contributed by atoms with Crippen LogP contribution in [0.25, 0.3) is 0 Å². The Balaban J connectivity index is 3.40. The first kappa shape index (κ1) is 49.9. The van der Waals surface area contributed by atoms with Crippen LogP contribution < -0.4 is 16.0 Å². The highest BCUT2D eigenvalue weighted by atomic mass is 16.5. The number of carbonyl (C=O) groups is 6. The number of ketones is 1. The van der Waals surface area contributed by atoms with Crippen molar-refractivity contribution in [2.24, 2.45) is 0 Å². The second-order valence-corrected chi connectivity index (χ2v) is 13.3. The van der Waals surface area contributed by atoms with Crippen LogP contribution in [0.1, 0.15) is 135 Å². The van der Waals surface area contributed by atoms with Gasteiger partial charge in [-0.15, -0.1) is 0 Å². The molecule has 0 saturated carbocycles. The van der Waals surface area contributed by atoms with Crippen molar-refractivity contribution in [3.8, 4) is 0 Å². The Bertz CT molecular complexity index is 982. The smallest absolute Gasteiger partial charge is 0.326 e. The summed E-state index contributed by atoms with van der Waals surface area (Å²) >= 11 is 0. The summed E-state index contributed by atoms with van der Waals surface area (Å²) in [5.74, 6) is -2.94. The lowest BCUT2D eigenvalue weighted by atomic mass is 10.0. The van der Waals surface area contributed by atoms with E-state index in [0.717, 1.165) is 32.1 Å². The molecule has 0 fully saturated rings. The van der Waals surface area contributed by atoms with Crippen LogP contribution in [-0.2, 0) is 47.7 Å². The van der Waals surface area contributed by atoms with Gasteiger partial charge in [0.05, 0.1) is 39.6 Å². The van der Waals surface area contributed by atoms with Gasteiger partial charge in [-0.05, 0) is 26.2 Å². The summed E-state index contributed by atoms with van der Waals surface area (Å²) in [4.78, 5) is 68.3. The maximum absolute atomic E-state index is 12.0. The summed E-state index contributed by atoms with van der Waals surface area (Å²) < 4.78 is 21.2. The average molecular weight is 760 g/mol. The molecule has 0 aliphatic heterocycles. The molecule has 0 aromatic carbocycles. The number of carbonyl (C=O) groups excluding carboxylic acids is 4. The quantitative estimate of drug-likeness (QED) is 0.0552. The molecule has 1 unspecified atom stereocenters. The third kappa shape index (κ3) is 38.4. The van der Waals surface area contributed by atoms with E-state index in [1.54, 1.807) is 0 Å². The molecule has 3 amide bonds. The van der Waals surface area contributed by atoms with E-state index in [-0.39, 0.29) is 76.6 Å². The van der Waals surface area contributed by atoms with Crippen LogP contribution in [0.2, 0.25) is 0 Å². The van der Waals surface area contributed by atoms with Crippen molar-refractivity contribution in [1.82, 2.24) is 16.0 Å². The molecule has 0 aromatic rings. The molecule has 0 rings (SSSR count). The first-order chi connectivity index (χ1) is 25.6. The molecule has 0 aliphatic rings. The molecule has 15 heteroatoms. The van der Waals surface area contributed by atoms with Gasteiger partial charge in [-0.3, -0.25) is 19.2 Å². The molecule has 15 nitrogen and oxygen atoms in total. The standard InChI is InChI=1S/C38H69N3O12/c1-32(42)20-21-33(38(48)49)41-36(45)31-53-29-27-51-25-23-40-35(44)30-52-28-26-50-24-22-39-34(43)18-16-14-12-10-8-6-4-2-3-5-7-9-11-13-15-17-19-37(46)47/h33H,2-31H2,1H3,(H,39,43)(H,40,44)(H,41,45)(H,46,47)(H,48,49). The van der Waals surface area contributed by atoms with Gasteiger partial charge in [0.2, 0.25) is 17.7 Å². The zero-order chi connectivity index (χ0) is 39.2. The summed E-state index contributed by atoms with van der Waals surface area (Å²) in [6.07, 6.45) is 19.8. The summed E-state index contributed by atoms with van der Waals surface area (Å²) in [5.41, 5.74) is 0. The van der Waals surface area contributed by atoms with Crippen molar-refractivity contribution in [3.05, 3.63) is 0 Å². The summed E-state index contributed by atoms with van der Waals surface area (Å²) in [6.45, 7) is 3.01. The first-order valence-electron chi connectivity index (χ1n) is 19.7. The van der Waals surface area contributed by atoms with Crippen molar-refractivity contribution < 1.29 is 57.9 Å². The van der Waals surface area contributed by atoms with E-state index in [9.17, 15) is 28.8 Å². The maximum Gasteiger partial charge on any atom is 0.326 e. The summed E-state index contributed by atoms with van der Waals surface area (Å²) in [6, 6.07) is -1.15. The predicted octanol–water partition coefficient (Wildman–Crippen LogP) is 4.33. The number of amides is 3. The van der Waals surface area contributed by atoms with Crippen LogP contribution in [0.5, 0.6) is 0 Å². The van der Waals surface area contributed by atoms with Gasteiger partial charge in [-0.2, -0.15) is 0 Å². The molecule has 0 radical (unpaired) electrons. The number of carboxylic acid groups (broad SMARTS) is 2. The Morgan fingerprint density at radius 1 is 0.472 bits per heavy atom. The van der Waals surface area contributed by atoms with E-state index in [1.807, 2.05) is 0 Å². The molecular formula is C38H69N3O12. The second kappa shape index (κ2) is 37.2. The van der Waals surface area contributed by atoms with Gasteiger partial charge in [0, 0.05) is 32.4 Å². The first-order valence-corrected chi connectivity index (χ1v) is 19.7. The normalized spacial score (nSPS) is 11.6. The SMILES string of the molecule is CC(=O)CCC(NC(=O)COCCOCCNC(=O)COCCOCCNC(=O)CCCCCCCCCCCCCCCCCCC(=O)O)C(=O)O. The molecular weight excluding hydrogens is 690 g/mol. The fourth-order valence-corrected chi connectivity index (χ4v) is 5.31. The van der Waals surface area contributed by atoms with E-state index >= 15 is 0 Å². The Morgan fingerprint density at radius 2 is 0.868 bits per heavy atom. The van der Waals surface area contributed by atoms with E-state index in [2.05, 4.69) is 16.0 Å². The lowest BCUT2D eigenvalue weighted by Gasteiger charge is -2.14. The molecule has 0 heterocycles. The zero-order valence-electron chi connectivity index (χ0n) is 32.3. The van der Waals surface area contributed by atoms with Crippen LogP contribution in [0.3, 0.4) is 0 Å². The minimum absolute atomic E-state index is 0.0130. The van der Waals surface area contributed by atoms with Crippen LogP contribution in [0, 0.1) is 0 Å². The number of unbranched alkanes of at least 4 members (excludes halogenated alkanes) is 15. The minimum atomic E-state index is -1.22. The van der Waals surface area contributed by atoms with E-state index in [4.69, 9.17) is 29.2 Å². The zero-order valence-corrected chi connectivity index (χ0v) is 32.3. The summed E-state index contributed by atoms with van der Waals surface area (Å²) in [7, 11) is 0. The van der Waals surface area contributed by atoms with Gasteiger partial charge in [0.1, 0.15) is 25.0 Å². The molecule has 0 spiro atoms. The highest BCUT2D eigenvalue weighted by Gasteiger charge is 2.20. The highest BCUT2D eigenvalue weighted by Crippen LogP contribution is 2.14. The van der Waals surface area contributed by atoms with E-state index in [0.29, 0.717) is 32.6 Å². The highest BCUT2D eigenvalue weighted by molar-refractivity contribution is 5.85. The van der Waals surface area contributed by atoms with Gasteiger partial charge in [-0.25, -0.2) is 4.79 Å². The monoisotopic (exact) mass is 759 g/mol. The molecule has 53 heavy (non-hydrogen) atoms. The van der Waals surface area contributed by atoms with Crippen molar-refractivity contribution in [1.29, 1.82) is 0 Å². The average Bonchev–Trinajstić information content (AvgIpc) is 3.11. The predicted molar refractivity (Wildman–Crippen MR) is 200 cm³/mol. The van der Waals surface area contributed by atoms with Crippen LogP contribution >= 0.6 is 0 Å². The maximum atomic E-state index is 12.0. The molecule has 0 aliphatic carbocycles. The number of ether oxygens (including phenoxy) is 4. The van der Waals surface area contributed by atoms with Crippen LogP contribution in [-0.4, -0.2) is 118 Å². The molecule has 0 bridgehead atoms. The number of carboxylic acids is 2. The van der Waals surface area contributed by atoms with Crippen LogP contribution in [0.4, 0.5) is 0 Å². The van der Waals surface area contributed by atoms with Crippen molar-refractivity contribution in [2.75, 3.05) is 65.9 Å². The van der Waals surface area contributed by atoms with Gasteiger partial charge >= 0.3 is 11.9 Å². The van der Waals surface area contributed by atoms with Crippen molar-refractivity contribution in [3.63, 3.8) is 0 Å². The number of Topliss-reactive ketones (excluding diaryl/α,β-unsaturated/α-hetero) is 1. The molecule has 5 N–H and O–H groups in total. The topological polar surface area (TPSA) is 216 Å². The third-order valence-corrected chi connectivity index (χ3v) is 8.31. The Morgan fingerprint density at radius 3 is 1.30 bits per heavy atom. The van der Waals surface area contributed by atoms with Gasteiger partial charge in [-0.1, -0.05) is 89.9 Å². The van der Waals surface area contributed by atoms with Crippen molar-refractivity contribution >= 4 is 35.4 Å². The number of nitrogens with one attached hydrogen (secondary N) is 3. The lowest BCUT2D eigenvalue weighted by molar-refractivity contribution is -0.143. The summed E-state index contributed by atoms with van der Waals surface area (Å²) in [5, 5.41) is 25.6. The van der Waals surface area contributed by atoms with Crippen LogP contribution in [0.15, 0.2) is 0 Å². The Kier molecular flexibility index (Phi) is 35.0. The lowest BCUT2D eigenvalue weighted by Crippen LogP contribution is -2.42. The second-order valence-electron chi connectivity index (χ2n) is 13.3. The van der Waals surface area contributed by atoms with Gasteiger partial charge < -0.3 is 49.9 Å². The van der Waals surface area contributed by atoms with E-state index < -0.39 is 23.9 Å². The molecule has 0 saturated heterocycles. The Hall–Kier alpha value is -3.14. The fraction of sp³-hybridized carbons (Fsp3) is 0.842. The third-order valence-electron chi connectivity index (χ3n) is 8.31. The number of aliphatic carboxylic acids is 2. The van der Waals surface area contributed by atoms with Crippen molar-refractivity contribution in [2.45, 2.75) is 141 Å². The van der Waals surface area contributed by atoms with Gasteiger partial charge in [0.15, 0.2) is 0 Å². The molecule has 0 aromatic heterocycles. The molecule has 308 valence electrons. The largest absolute Gasteiger partial charge is 0.481 e. The van der Waals surface area contributed by atoms with E-state index in [1.165, 1.54) is 77.6 Å². The minimum Gasteiger partial charge on any atom is -0.481 e. The number of hydrogen-bond donors (Lipinski definition) is 5.